The van der Waals surface area contributed by atoms with Crippen molar-refractivity contribution in [2.24, 2.45) is 11.7 Å². The Bertz CT molecular complexity index is 667. The molecule has 0 saturated carbocycles. The summed E-state index contributed by atoms with van der Waals surface area (Å²) in [5.74, 6) is 0.778. The molecule has 0 fully saturated rings. The number of nitrogens with one attached hydrogen (secondary N) is 1. The summed E-state index contributed by atoms with van der Waals surface area (Å²) in [5, 5.41) is 2.79. The fourth-order valence-electron chi connectivity index (χ4n) is 2.13. The van der Waals surface area contributed by atoms with Crippen LogP contribution < -0.4 is 15.8 Å². The molecule has 0 saturated heterocycles. The molecule has 2 rings (SSSR count). The van der Waals surface area contributed by atoms with Gasteiger partial charge in [-0.3, -0.25) is 4.79 Å². The first-order valence-electron chi connectivity index (χ1n) is 7.85. The summed E-state index contributed by atoms with van der Waals surface area (Å²) in [4.78, 5) is 16.0. The van der Waals surface area contributed by atoms with Crippen molar-refractivity contribution < 1.29 is 13.9 Å². The molecule has 2 aromatic rings. The Morgan fingerprint density at radius 2 is 1.85 bits per heavy atom. The zero-order valence-electron chi connectivity index (χ0n) is 14.6. The molecular weight excluding hydrogens is 380 g/mol. The maximum Gasteiger partial charge on any atom is 0.237 e. The third-order valence-electron chi connectivity index (χ3n) is 3.36. The summed E-state index contributed by atoms with van der Waals surface area (Å²) >= 11 is 0. The van der Waals surface area contributed by atoms with Gasteiger partial charge in [-0.1, -0.05) is 19.9 Å². The largest absolute Gasteiger partial charge is 0.439 e. The molecule has 5 nitrogen and oxygen atoms in total. The predicted molar refractivity (Wildman–Crippen MR) is 104 cm³/mol. The summed E-state index contributed by atoms with van der Waals surface area (Å²) in [7, 11) is 0. The second kappa shape index (κ2) is 11.7. The van der Waals surface area contributed by atoms with Gasteiger partial charge in [0.1, 0.15) is 11.6 Å². The average Bonchev–Trinajstić information content (AvgIpc) is 2.55. The van der Waals surface area contributed by atoms with E-state index in [1.165, 1.54) is 24.3 Å². The molecule has 1 heterocycles. The van der Waals surface area contributed by atoms with Crippen LogP contribution in [-0.4, -0.2) is 16.9 Å². The van der Waals surface area contributed by atoms with Crippen molar-refractivity contribution in [1.82, 2.24) is 10.3 Å². The first-order valence-corrected chi connectivity index (χ1v) is 7.85. The van der Waals surface area contributed by atoms with Crippen molar-refractivity contribution in [1.29, 1.82) is 0 Å². The second-order valence-electron chi connectivity index (χ2n) is 6.01. The molecule has 0 radical (unpaired) electrons. The van der Waals surface area contributed by atoms with E-state index in [4.69, 9.17) is 10.5 Å². The quantitative estimate of drug-likeness (QED) is 0.735. The van der Waals surface area contributed by atoms with Crippen molar-refractivity contribution in [2.45, 2.75) is 32.9 Å². The van der Waals surface area contributed by atoms with E-state index in [0.717, 1.165) is 5.56 Å². The van der Waals surface area contributed by atoms with Gasteiger partial charge < -0.3 is 15.8 Å². The van der Waals surface area contributed by atoms with E-state index in [1.807, 2.05) is 13.8 Å². The molecule has 1 atom stereocenters. The Labute approximate surface area is 165 Å². The molecule has 8 heteroatoms. The van der Waals surface area contributed by atoms with Crippen molar-refractivity contribution in [3.8, 4) is 11.6 Å². The van der Waals surface area contributed by atoms with E-state index in [0.29, 0.717) is 30.5 Å². The van der Waals surface area contributed by atoms with Gasteiger partial charge in [0.15, 0.2) is 0 Å². The zero-order chi connectivity index (χ0) is 17.5. The molecule has 0 aliphatic carbocycles. The van der Waals surface area contributed by atoms with Gasteiger partial charge in [0, 0.05) is 18.8 Å². The zero-order valence-corrected chi connectivity index (χ0v) is 16.3. The van der Waals surface area contributed by atoms with Crippen molar-refractivity contribution in [3.05, 3.63) is 54.0 Å². The standard InChI is InChI=1S/C18H22FN3O2.2ClH/c1-12(2)9-16(20)18(23)22-11-13-3-8-17(21-10-13)24-15-6-4-14(19)5-7-15;;/h3-8,10,12,16H,9,11,20H2,1-2H3,(H,22,23);2*1H/t16-;;/m0../s1. The van der Waals surface area contributed by atoms with Crippen LogP contribution in [-0.2, 0) is 11.3 Å². The number of carbonyl (C=O) groups excluding carboxylic acids is 1. The average molecular weight is 404 g/mol. The SMILES string of the molecule is CC(C)C[C@H](N)C(=O)NCc1ccc(Oc2ccc(F)cc2)nc1.Cl.Cl. The fraction of sp³-hybridized carbons (Fsp3) is 0.333. The summed E-state index contributed by atoms with van der Waals surface area (Å²) < 4.78 is 18.4. The normalized spacial score (nSPS) is 11.1. The van der Waals surface area contributed by atoms with Crippen molar-refractivity contribution in [2.75, 3.05) is 0 Å². The van der Waals surface area contributed by atoms with Gasteiger partial charge >= 0.3 is 0 Å². The number of hydrogen-bond acceptors (Lipinski definition) is 4. The molecule has 1 aromatic heterocycles. The minimum Gasteiger partial charge on any atom is -0.439 e. The van der Waals surface area contributed by atoms with Crippen LogP contribution in [0, 0.1) is 11.7 Å². The van der Waals surface area contributed by atoms with Crippen LogP contribution in [0.1, 0.15) is 25.8 Å². The van der Waals surface area contributed by atoms with Crippen molar-refractivity contribution in [3.63, 3.8) is 0 Å². The molecule has 0 aliphatic rings. The number of carbonyl (C=O) groups is 1. The lowest BCUT2D eigenvalue weighted by Crippen LogP contribution is -2.41. The van der Waals surface area contributed by atoms with E-state index in [1.54, 1.807) is 18.3 Å². The number of benzene rings is 1. The first-order chi connectivity index (χ1) is 11.4. The highest BCUT2D eigenvalue weighted by molar-refractivity contribution is 5.85. The number of halogens is 3. The number of nitrogens with zero attached hydrogens (tertiary/aromatic N) is 1. The number of hydrogen-bond donors (Lipinski definition) is 2. The number of amides is 1. The van der Waals surface area contributed by atoms with E-state index < -0.39 is 6.04 Å². The van der Waals surface area contributed by atoms with E-state index in [9.17, 15) is 9.18 Å². The molecule has 3 N–H and O–H groups in total. The molecule has 0 aliphatic heterocycles. The molecule has 26 heavy (non-hydrogen) atoms. The highest BCUT2D eigenvalue weighted by Gasteiger charge is 2.14. The van der Waals surface area contributed by atoms with E-state index in [-0.39, 0.29) is 36.5 Å². The maximum atomic E-state index is 12.8. The lowest BCUT2D eigenvalue weighted by atomic mass is 10.0. The summed E-state index contributed by atoms with van der Waals surface area (Å²) in [6.45, 7) is 4.41. The summed E-state index contributed by atoms with van der Waals surface area (Å²) in [6, 6.07) is 8.69. The Morgan fingerprint density at radius 1 is 1.19 bits per heavy atom. The third kappa shape index (κ3) is 7.99. The Balaban J connectivity index is 0.00000312. The van der Waals surface area contributed by atoms with Crippen LogP contribution in [0.5, 0.6) is 11.6 Å². The third-order valence-corrected chi connectivity index (χ3v) is 3.36. The molecule has 0 unspecified atom stereocenters. The molecule has 0 spiro atoms. The van der Waals surface area contributed by atoms with Gasteiger partial charge in [-0.05, 0) is 42.2 Å². The van der Waals surface area contributed by atoms with Gasteiger partial charge in [0.25, 0.3) is 0 Å². The maximum absolute atomic E-state index is 12.8. The molecule has 0 bridgehead atoms. The first kappa shape index (κ1) is 24.1. The lowest BCUT2D eigenvalue weighted by Gasteiger charge is -2.14. The highest BCUT2D eigenvalue weighted by Crippen LogP contribution is 2.19. The number of pyridine rings is 1. The Kier molecular flexibility index (Phi) is 10.8. The van der Waals surface area contributed by atoms with E-state index in [2.05, 4.69) is 10.3 Å². The van der Waals surface area contributed by atoms with Gasteiger partial charge in [-0.15, -0.1) is 24.8 Å². The van der Waals surface area contributed by atoms with Crippen LogP contribution in [0.25, 0.3) is 0 Å². The topological polar surface area (TPSA) is 77.2 Å². The minimum atomic E-state index is -0.501. The monoisotopic (exact) mass is 403 g/mol. The number of ether oxygens (including phenoxy) is 1. The Morgan fingerprint density at radius 3 is 2.38 bits per heavy atom. The van der Waals surface area contributed by atoms with Crippen LogP contribution in [0.2, 0.25) is 0 Å². The number of nitrogens with two attached hydrogens (primary N) is 1. The molecule has 144 valence electrons. The van der Waals surface area contributed by atoms with Crippen LogP contribution in [0.3, 0.4) is 0 Å². The van der Waals surface area contributed by atoms with Crippen LogP contribution >= 0.6 is 24.8 Å². The van der Waals surface area contributed by atoms with Crippen molar-refractivity contribution >= 4 is 30.7 Å². The molecule has 1 amide bonds. The van der Waals surface area contributed by atoms with Crippen LogP contribution in [0.15, 0.2) is 42.6 Å². The van der Waals surface area contributed by atoms with Gasteiger partial charge in [0.05, 0.1) is 6.04 Å². The second-order valence-corrected chi connectivity index (χ2v) is 6.01. The number of aromatic nitrogens is 1. The fourth-order valence-corrected chi connectivity index (χ4v) is 2.13. The summed E-state index contributed by atoms with van der Waals surface area (Å²) in [5.41, 5.74) is 6.67. The van der Waals surface area contributed by atoms with Crippen LogP contribution in [0.4, 0.5) is 4.39 Å². The van der Waals surface area contributed by atoms with E-state index >= 15 is 0 Å². The smallest absolute Gasteiger partial charge is 0.237 e. The number of rotatable bonds is 7. The van der Waals surface area contributed by atoms with Gasteiger partial charge in [0.2, 0.25) is 11.8 Å². The predicted octanol–water partition coefficient (Wildman–Crippen LogP) is 3.85. The van der Waals surface area contributed by atoms with Gasteiger partial charge in [-0.2, -0.15) is 0 Å². The summed E-state index contributed by atoms with van der Waals surface area (Å²) in [6.07, 6.45) is 2.27. The highest BCUT2D eigenvalue weighted by atomic mass is 35.5. The lowest BCUT2D eigenvalue weighted by molar-refractivity contribution is -0.122. The molecule has 1 aromatic carbocycles. The molecular formula is C18H24Cl2FN3O2. The minimum absolute atomic E-state index is 0. The Hall–Kier alpha value is -1.89. The van der Waals surface area contributed by atoms with Gasteiger partial charge in [-0.25, -0.2) is 9.37 Å².